The quantitative estimate of drug-likeness (QED) is 0.889. The largest absolute Gasteiger partial charge is 0.360 e. The van der Waals surface area contributed by atoms with E-state index in [0.717, 1.165) is 16.7 Å². The van der Waals surface area contributed by atoms with E-state index in [-0.39, 0.29) is 5.41 Å². The summed E-state index contributed by atoms with van der Waals surface area (Å²) in [5.74, 6) is 1.64. The first kappa shape index (κ1) is 11.1. The fourth-order valence-corrected chi connectivity index (χ4v) is 1.85. The Labute approximate surface area is 98.0 Å². The van der Waals surface area contributed by atoms with Gasteiger partial charge in [-0.3, -0.25) is 0 Å². The minimum atomic E-state index is -0.0112. The molecule has 0 fully saturated rings. The van der Waals surface area contributed by atoms with Crippen molar-refractivity contribution in [2.24, 2.45) is 0 Å². The summed E-state index contributed by atoms with van der Waals surface area (Å²) >= 11 is 1.36. The van der Waals surface area contributed by atoms with Crippen molar-refractivity contribution in [3.63, 3.8) is 0 Å². The van der Waals surface area contributed by atoms with Gasteiger partial charge in [0.25, 0.3) is 0 Å². The maximum atomic E-state index is 4.97. The van der Waals surface area contributed by atoms with Crippen molar-refractivity contribution in [2.45, 2.75) is 32.7 Å². The molecular weight excluding hydrogens is 224 g/mol. The number of aromatic nitrogens is 3. The first-order chi connectivity index (χ1) is 7.55. The highest BCUT2D eigenvalue weighted by molar-refractivity contribution is 7.09. The van der Waals surface area contributed by atoms with Crippen LogP contribution in [0.4, 0.5) is 5.13 Å². The second-order valence-electron chi connectivity index (χ2n) is 4.51. The van der Waals surface area contributed by atoms with Crippen molar-refractivity contribution < 1.29 is 4.52 Å². The maximum Gasteiger partial charge on any atom is 0.202 e. The van der Waals surface area contributed by atoms with E-state index >= 15 is 0 Å². The molecule has 0 spiro atoms. The summed E-state index contributed by atoms with van der Waals surface area (Å²) in [7, 11) is 0. The van der Waals surface area contributed by atoms with Crippen molar-refractivity contribution in [3.8, 4) is 0 Å². The van der Waals surface area contributed by atoms with Crippen LogP contribution >= 0.6 is 11.5 Å². The van der Waals surface area contributed by atoms with E-state index in [1.165, 1.54) is 11.5 Å². The summed E-state index contributed by atoms with van der Waals surface area (Å²) in [4.78, 5) is 4.42. The van der Waals surface area contributed by atoms with Gasteiger partial charge in [-0.25, -0.2) is 4.98 Å². The van der Waals surface area contributed by atoms with Gasteiger partial charge in [-0.2, -0.15) is 4.37 Å². The van der Waals surface area contributed by atoms with Crippen LogP contribution in [0.2, 0.25) is 0 Å². The van der Waals surface area contributed by atoms with Crippen molar-refractivity contribution >= 4 is 16.7 Å². The van der Waals surface area contributed by atoms with Crippen LogP contribution in [0.15, 0.2) is 16.8 Å². The smallest absolute Gasteiger partial charge is 0.202 e. The van der Waals surface area contributed by atoms with E-state index < -0.39 is 0 Å². The summed E-state index contributed by atoms with van der Waals surface area (Å²) in [6.45, 7) is 6.86. The number of nitrogens with one attached hydrogen (secondary N) is 1. The summed E-state index contributed by atoms with van der Waals surface area (Å²) in [6, 6.07) is 1.82. The number of anilines is 1. The second-order valence-corrected chi connectivity index (χ2v) is 5.26. The van der Waals surface area contributed by atoms with Gasteiger partial charge in [-0.15, -0.1) is 0 Å². The molecule has 0 amide bonds. The van der Waals surface area contributed by atoms with E-state index in [1.54, 1.807) is 6.20 Å². The summed E-state index contributed by atoms with van der Waals surface area (Å²) < 4.78 is 9.28. The highest BCUT2D eigenvalue weighted by Crippen LogP contribution is 2.23. The molecule has 0 aromatic carbocycles. The molecule has 2 aromatic heterocycles. The zero-order valence-corrected chi connectivity index (χ0v) is 10.3. The Balaban J connectivity index is 1.98. The monoisotopic (exact) mass is 238 g/mol. The molecular formula is C10H14N4OS. The van der Waals surface area contributed by atoms with Gasteiger partial charge in [-0.05, 0) is 0 Å². The molecule has 2 aromatic rings. The molecule has 2 rings (SSSR count). The minimum absolute atomic E-state index is 0.0112. The highest BCUT2D eigenvalue weighted by atomic mass is 32.1. The third-order valence-electron chi connectivity index (χ3n) is 2.00. The second kappa shape index (κ2) is 4.21. The number of hydrogen-bond donors (Lipinski definition) is 1. The van der Waals surface area contributed by atoms with E-state index in [0.29, 0.717) is 6.54 Å². The minimum Gasteiger partial charge on any atom is -0.360 e. The SMILES string of the molecule is CC(C)(C)c1nsc(NCc2ccno2)n1. The lowest BCUT2D eigenvalue weighted by molar-refractivity contribution is 0.388. The molecule has 1 N–H and O–H groups in total. The van der Waals surface area contributed by atoms with Gasteiger partial charge in [0.15, 0.2) is 5.76 Å². The summed E-state index contributed by atoms with van der Waals surface area (Å²) in [5, 5.41) is 7.59. The molecule has 86 valence electrons. The molecule has 0 saturated carbocycles. The lowest BCUT2D eigenvalue weighted by Crippen LogP contribution is -2.13. The average molecular weight is 238 g/mol. The van der Waals surface area contributed by atoms with Crippen LogP contribution in [-0.2, 0) is 12.0 Å². The van der Waals surface area contributed by atoms with Gasteiger partial charge in [0.2, 0.25) is 5.13 Å². The molecule has 0 radical (unpaired) electrons. The van der Waals surface area contributed by atoms with Crippen LogP contribution in [0.3, 0.4) is 0 Å². The van der Waals surface area contributed by atoms with E-state index in [4.69, 9.17) is 4.52 Å². The Kier molecular flexibility index (Phi) is 2.91. The Morgan fingerprint density at radius 3 is 2.81 bits per heavy atom. The molecule has 2 heterocycles. The molecule has 5 nitrogen and oxygen atoms in total. The van der Waals surface area contributed by atoms with Gasteiger partial charge in [0, 0.05) is 23.0 Å². The van der Waals surface area contributed by atoms with Crippen LogP contribution < -0.4 is 5.32 Å². The number of rotatable bonds is 3. The van der Waals surface area contributed by atoms with Gasteiger partial charge < -0.3 is 9.84 Å². The fourth-order valence-electron chi connectivity index (χ4n) is 1.10. The van der Waals surface area contributed by atoms with E-state index in [1.807, 2.05) is 6.07 Å². The van der Waals surface area contributed by atoms with Gasteiger partial charge in [0.05, 0.1) is 12.7 Å². The Bertz CT molecular complexity index is 444. The zero-order chi connectivity index (χ0) is 11.6. The van der Waals surface area contributed by atoms with Crippen LogP contribution in [-0.4, -0.2) is 14.5 Å². The molecule has 0 aliphatic rings. The molecule has 0 atom stereocenters. The predicted octanol–water partition coefficient (Wildman–Crippen LogP) is 2.44. The molecule has 0 aliphatic carbocycles. The summed E-state index contributed by atoms with van der Waals surface area (Å²) in [6.07, 6.45) is 1.62. The third-order valence-corrected chi connectivity index (χ3v) is 2.67. The van der Waals surface area contributed by atoms with Crippen LogP contribution in [0.5, 0.6) is 0 Å². The van der Waals surface area contributed by atoms with Gasteiger partial charge in [-0.1, -0.05) is 25.9 Å². The molecule has 0 bridgehead atoms. The molecule has 16 heavy (non-hydrogen) atoms. The van der Waals surface area contributed by atoms with Crippen molar-refractivity contribution in [2.75, 3.05) is 5.32 Å². The molecule has 0 unspecified atom stereocenters. The lowest BCUT2D eigenvalue weighted by Gasteiger charge is -2.12. The molecule has 0 aliphatic heterocycles. The zero-order valence-electron chi connectivity index (χ0n) is 9.52. The Morgan fingerprint density at radius 1 is 1.44 bits per heavy atom. The van der Waals surface area contributed by atoms with Crippen molar-refractivity contribution in [3.05, 3.63) is 23.8 Å². The van der Waals surface area contributed by atoms with Gasteiger partial charge in [0.1, 0.15) is 5.82 Å². The van der Waals surface area contributed by atoms with Crippen LogP contribution in [0.1, 0.15) is 32.4 Å². The average Bonchev–Trinajstić information content (AvgIpc) is 2.85. The van der Waals surface area contributed by atoms with Crippen LogP contribution in [0, 0.1) is 0 Å². The first-order valence-electron chi connectivity index (χ1n) is 5.03. The van der Waals surface area contributed by atoms with Gasteiger partial charge >= 0.3 is 0 Å². The predicted molar refractivity (Wildman–Crippen MR) is 62.4 cm³/mol. The standard InChI is InChI=1S/C10H14N4OS/c1-10(2,3)8-13-9(16-14-8)11-6-7-4-5-12-15-7/h4-5H,6H2,1-3H3,(H,11,13,14). The normalized spacial score (nSPS) is 11.7. The fraction of sp³-hybridized carbons (Fsp3) is 0.500. The Hall–Kier alpha value is -1.43. The number of nitrogens with zero attached hydrogens (tertiary/aromatic N) is 3. The Morgan fingerprint density at radius 2 is 2.25 bits per heavy atom. The molecule has 0 saturated heterocycles. The van der Waals surface area contributed by atoms with Crippen molar-refractivity contribution in [1.82, 2.24) is 14.5 Å². The summed E-state index contributed by atoms with van der Waals surface area (Å²) in [5.41, 5.74) is -0.0112. The van der Waals surface area contributed by atoms with Crippen molar-refractivity contribution in [1.29, 1.82) is 0 Å². The topological polar surface area (TPSA) is 63.8 Å². The highest BCUT2D eigenvalue weighted by Gasteiger charge is 2.19. The number of hydrogen-bond acceptors (Lipinski definition) is 6. The van der Waals surface area contributed by atoms with Crippen LogP contribution in [0.25, 0.3) is 0 Å². The third kappa shape index (κ3) is 2.57. The van der Waals surface area contributed by atoms with E-state index in [2.05, 4.69) is 40.6 Å². The first-order valence-corrected chi connectivity index (χ1v) is 5.80. The van der Waals surface area contributed by atoms with E-state index in [9.17, 15) is 0 Å². The maximum absolute atomic E-state index is 4.97. The lowest BCUT2D eigenvalue weighted by atomic mass is 9.96. The molecule has 6 heteroatoms.